The van der Waals surface area contributed by atoms with E-state index in [9.17, 15) is 0 Å². The summed E-state index contributed by atoms with van der Waals surface area (Å²) in [6, 6.07) is 11.4. The van der Waals surface area contributed by atoms with Crippen LogP contribution < -0.4 is 14.0 Å². The molecule has 0 N–H and O–H groups in total. The number of fused-ring (bicyclic) bond motifs is 2. The fraction of sp³-hybridized carbons (Fsp3) is 0.444. The van der Waals surface area contributed by atoms with Crippen molar-refractivity contribution in [3.05, 3.63) is 53.2 Å². The third-order valence-corrected chi connectivity index (χ3v) is 8.12. The molecule has 2 aliphatic heterocycles. The van der Waals surface area contributed by atoms with Crippen molar-refractivity contribution in [1.29, 1.82) is 0 Å². The van der Waals surface area contributed by atoms with Crippen LogP contribution in [0, 0.1) is 0 Å². The second-order valence-electron chi connectivity index (χ2n) is 9.67. The number of ether oxygens (including phenoxy) is 2. The van der Waals surface area contributed by atoms with Gasteiger partial charge in [0.25, 0.3) is 0 Å². The van der Waals surface area contributed by atoms with Crippen LogP contribution in [0.15, 0.2) is 36.5 Å². The van der Waals surface area contributed by atoms with Crippen molar-refractivity contribution in [2.45, 2.75) is 64.3 Å². The van der Waals surface area contributed by atoms with Crippen molar-refractivity contribution in [3.63, 3.8) is 0 Å². The Morgan fingerprint density at radius 1 is 1.03 bits per heavy atom. The van der Waals surface area contributed by atoms with Crippen molar-refractivity contribution < 1.29 is 14.0 Å². The molecule has 3 nitrogen and oxygen atoms in total. The molecular weight excluding hydrogens is 370 g/mol. The van der Waals surface area contributed by atoms with Gasteiger partial charge >= 0.3 is 0 Å². The highest BCUT2D eigenvalue weighted by atomic mass is 16.6. The average molecular weight is 401 g/mol. The fourth-order valence-corrected chi connectivity index (χ4v) is 6.35. The Labute approximate surface area is 178 Å². The number of aromatic nitrogens is 1. The zero-order chi connectivity index (χ0) is 20.7. The van der Waals surface area contributed by atoms with Gasteiger partial charge in [-0.05, 0) is 29.0 Å². The molecule has 0 amide bonds. The molecule has 30 heavy (non-hydrogen) atoms. The SMILES string of the molecule is CCC1(CC)CCc2cccc3c2-c2c4c(c5c(cc4cc[n+]21)OCCO5)C3(C)C. The van der Waals surface area contributed by atoms with Gasteiger partial charge in [0.15, 0.2) is 23.2 Å². The Hall–Kier alpha value is -2.55. The summed E-state index contributed by atoms with van der Waals surface area (Å²) in [6.07, 6.45) is 6.93. The lowest BCUT2D eigenvalue weighted by Gasteiger charge is -2.37. The van der Waals surface area contributed by atoms with E-state index >= 15 is 0 Å². The second kappa shape index (κ2) is 6.00. The Bertz CT molecular complexity index is 1200. The number of benzene rings is 2. The van der Waals surface area contributed by atoms with Crippen LogP contribution in [0.3, 0.4) is 0 Å². The number of hydrogen-bond acceptors (Lipinski definition) is 2. The molecule has 3 heteroatoms. The summed E-state index contributed by atoms with van der Waals surface area (Å²) in [5, 5.41) is 2.62. The molecule has 0 saturated heterocycles. The first-order valence-corrected chi connectivity index (χ1v) is 11.5. The molecule has 6 rings (SSSR count). The highest BCUT2D eigenvalue weighted by molar-refractivity contribution is 6.03. The van der Waals surface area contributed by atoms with Crippen molar-refractivity contribution in [2.24, 2.45) is 0 Å². The Balaban J connectivity index is 1.87. The average Bonchev–Trinajstić information content (AvgIpc) is 2.91. The predicted octanol–water partition coefficient (Wildman–Crippen LogP) is 5.67. The summed E-state index contributed by atoms with van der Waals surface area (Å²) >= 11 is 0. The quantitative estimate of drug-likeness (QED) is 0.518. The molecule has 154 valence electrons. The number of rotatable bonds is 2. The molecule has 1 aromatic heterocycles. The topological polar surface area (TPSA) is 22.3 Å². The minimum Gasteiger partial charge on any atom is -0.486 e. The van der Waals surface area contributed by atoms with Crippen molar-refractivity contribution >= 4 is 10.8 Å². The summed E-state index contributed by atoms with van der Waals surface area (Å²) < 4.78 is 15.0. The van der Waals surface area contributed by atoms with Gasteiger partial charge in [0.1, 0.15) is 13.2 Å². The minimum atomic E-state index is -0.146. The number of nitrogens with zero attached hydrogens (tertiary/aromatic N) is 1. The van der Waals surface area contributed by atoms with E-state index in [1.54, 1.807) is 0 Å². The number of aryl methyl sites for hydroxylation is 1. The zero-order valence-electron chi connectivity index (χ0n) is 18.5. The van der Waals surface area contributed by atoms with Gasteiger partial charge in [0, 0.05) is 36.3 Å². The largest absolute Gasteiger partial charge is 0.486 e. The lowest BCUT2D eigenvalue weighted by molar-refractivity contribution is -0.756. The monoisotopic (exact) mass is 400 g/mol. The zero-order valence-corrected chi connectivity index (χ0v) is 18.5. The molecule has 1 aliphatic carbocycles. The van der Waals surface area contributed by atoms with E-state index in [-0.39, 0.29) is 11.0 Å². The van der Waals surface area contributed by atoms with E-state index in [1.807, 2.05) is 0 Å². The smallest absolute Gasteiger partial charge is 0.221 e. The first-order chi connectivity index (χ1) is 14.5. The molecule has 3 aromatic rings. The lowest BCUT2D eigenvalue weighted by Crippen LogP contribution is -2.57. The van der Waals surface area contributed by atoms with Gasteiger partial charge in [-0.25, -0.2) is 0 Å². The molecule has 0 radical (unpaired) electrons. The Morgan fingerprint density at radius 3 is 2.63 bits per heavy atom. The highest BCUT2D eigenvalue weighted by Crippen LogP contribution is 2.56. The molecule has 0 saturated carbocycles. The van der Waals surface area contributed by atoms with Crippen LogP contribution in [0.25, 0.3) is 22.0 Å². The van der Waals surface area contributed by atoms with Crippen LogP contribution in [0.2, 0.25) is 0 Å². The lowest BCUT2D eigenvalue weighted by atomic mass is 9.68. The molecular formula is C27H30NO2+. The predicted molar refractivity (Wildman–Crippen MR) is 120 cm³/mol. The van der Waals surface area contributed by atoms with Gasteiger partial charge in [0.05, 0.1) is 10.9 Å². The van der Waals surface area contributed by atoms with E-state index in [1.165, 1.54) is 45.1 Å². The van der Waals surface area contributed by atoms with Crippen molar-refractivity contribution in [3.8, 4) is 22.8 Å². The van der Waals surface area contributed by atoms with Gasteiger partial charge < -0.3 is 9.47 Å². The Kier molecular flexibility index (Phi) is 3.65. The maximum absolute atomic E-state index is 6.28. The Morgan fingerprint density at radius 2 is 1.83 bits per heavy atom. The van der Waals surface area contributed by atoms with Crippen LogP contribution in [-0.4, -0.2) is 13.2 Å². The van der Waals surface area contributed by atoms with Crippen LogP contribution in [0.5, 0.6) is 11.5 Å². The first kappa shape index (κ1) is 18.2. The molecule has 3 aliphatic rings. The van der Waals surface area contributed by atoms with Gasteiger partial charge in [-0.3, -0.25) is 0 Å². The standard InChI is InChI=1S/C27H30NO2/c1-5-27(6-2)12-10-17-8-7-9-19-21(17)24-22-18(11-13-28(24)27)16-20-25(30-15-14-29-20)23(22)26(19,3)4/h7-9,11,13,16H,5-6,10,12,14-15H2,1-4H3/q+1. The second-order valence-corrected chi connectivity index (χ2v) is 9.67. The normalized spacial score (nSPS) is 19.5. The number of hydrogen-bond donors (Lipinski definition) is 0. The maximum Gasteiger partial charge on any atom is 0.221 e. The van der Waals surface area contributed by atoms with Crippen LogP contribution >= 0.6 is 0 Å². The van der Waals surface area contributed by atoms with Crippen molar-refractivity contribution in [2.75, 3.05) is 13.2 Å². The van der Waals surface area contributed by atoms with Crippen LogP contribution in [0.4, 0.5) is 0 Å². The van der Waals surface area contributed by atoms with Crippen LogP contribution in [0.1, 0.15) is 63.6 Å². The highest BCUT2D eigenvalue weighted by Gasteiger charge is 2.48. The molecule has 0 spiro atoms. The minimum absolute atomic E-state index is 0.145. The van der Waals surface area contributed by atoms with Gasteiger partial charge in [0.2, 0.25) is 5.69 Å². The summed E-state index contributed by atoms with van der Waals surface area (Å²) in [6.45, 7) is 10.6. The fourth-order valence-electron chi connectivity index (χ4n) is 6.35. The summed E-state index contributed by atoms with van der Waals surface area (Å²) in [7, 11) is 0. The molecule has 2 aromatic carbocycles. The summed E-state index contributed by atoms with van der Waals surface area (Å²) in [4.78, 5) is 0. The van der Waals surface area contributed by atoms with Crippen LogP contribution in [-0.2, 0) is 17.4 Å². The van der Waals surface area contributed by atoms with E-state index in [0.717, 1.165) is 30.8 Å². The van der Waals surface area contributed by atoms with E-state index in [0.29, 0.717) is 13.2 Å². The number of pyridine rings is 1. The van der Waals surface area contributed by atoms with Gasteiger partial charge in [-0.1, -0.05) is 45.9 Å². The summed E-state index contributed by atoms with van der Waals surface area (Å²) in [5.74, 6) is 1.85. The van der Waals surface area contributed by atoms with E-state index < -0.39 is 0 Å². The summed E-state index contributed by atoms with van der Waals surface area (Å²) in [5.41, 5.74) is 7.06. The molecule has 3 heterocycles. The van der Waals surface area contributed by atoms with E-state index in [4.69, 9.17) is 9.47 Å². The van der Waals surface area contributed by atoms with Gasteiger partial charge in [-0.2, -0.15) is 4.57 Å². The third kappa shape index (κ3) is 2.08. The molecule has 0 unspecified atom stereocenters. The van der Waals surface area contributed by atoms with Gasteiger partial charge in [-0.15, -0.1) is 0 Å². The molecule has 0 bridgehead atoms. The van der Waals surface area contributed by atoms with Crippen molar-refractivity contribution in [1.82, 2.24) is 0 Å². The molecule has 0 atom stereocenters. The third-order valence-electron chi connectivity index (χ3n) is 8.12. The first-order valence-electron chi connectivity index (χ1n) is 11.5. The van der Waals surface area contributed by atoms with E-state index in [2.05, 4.69) is 68.8 Å². The maximum atomic E-state index is 6.28. The molecule has 0 fully saturated rings.